The number of fused-ring (bicyclic) bond motifs is 1. The lowest BCUT2D eigenvalue weighted by atomic mass is 10.3. The van der Waals surface area contributed by atoms with Crippen LogP contribution in [0.2, 0.25) is 0 Å². The molecule has 0 aliphatic heterocycles. The van der Waals surface area contributed by atoms with Gasteiger partial charge in [0.1, 0.15) is 12.0 Å². The number of anilines is 3. The summed E-state index contributed by atoms with van der Waals surface area (Å²) in [4.78, 5) is 12.5. The standard InChI is InChI=1S/C14H15N5OS/c1-8(2)20-14-12(15)13(16-6-17-14)19-9-3-4-10-11(5-9)21-7-18-10/h3-8H,15H2,1-2H3,(H,16,17,19). The smallest absolute Gasteiger partial charge is 0.242 e. The number of hydrogen-bond donors (Lipinski definition) is 2. The van der Waals surface area contributed by atoms with Crippen LogP contribution in [0.25, 0.3) is 10.2 Å². The minimum absolute atomic E-state index is 0.00333. The normalized spacial score (nSPS) is 11.0. The van der Waals surface area contributed by atoms with Crippen LogP contribution in [0.5, 0.6) is 5.88 Å². The Labute approximate surface area is 126 Å². The zero-order valence-electron chi connectivity index (χ0n) is 11.7. The lowest BCUT2D eigenvalue weighted by Gasteiger charge is -2.13. The third-order valence-corrected chi connectivity index (χ3v) is 3.58. The Morgan fingerprint density at radius 2 is 2.10 bits per heavy atom. The maximum atomic E-state index is 6.05. The minimum atomic E-state index is 0.00333. The number of aromatic nitrogens is 3. The van der Waals surface area contributed by atoms with Gasteiger partial charge in [-0.15, -0.1) is 11.3 Å². The molecule has 3 rings (SSSR count). The Hall–Kier alpha value is -2.41. The molecule has 3 aromatic rings. The first-order chi connectivity index (χ1) is 10.1. The van der Waals surface area contributed by atoms with E-state index in [9.17, 15) is 0 Å². The highest BCUT2D eigenvalue weighted by atomic mass is 32.1. The van der Waals surface area contributed by atoms with Crippen molar-refractivity contribution in [1.82, 2.24) is 15.0 Å². The van der Waals surface area contributed by atoms with Gasteiger partial charge in [0.05, 0.1) is 21.8 Å². The predicted octanol–water partition coefficient (Wildman–Crippen LogP) is 3.20. The molecular formula is C14H15N5OS. The van der Waals surface area contributed by atoms with Gasteiger partial charge in [0.25, 0.3) is 0 Å². The lowest BCUT2D eigenvalue weighted by Crippen LogP contribution is -2.10. The number of nitrogens with two attached hydrogens (primary N) is 1. The van der Waals surface area contributed by atoms with Gasteiger partial charge >= 0.3 is 0 Å². The molecule has 0 aliphatic rings. The van der Waals surface area contributed by atoms with Gasteiger partial charge in [-0.3, -0.25) is 0 Å². The topological polar surface area (TPSA) is 86.0 Å². The van der Waals surface area contributed by atoms with E-state index in [4.69, 9.17) is 10.5 Å². The fourth-order valence-electron chi connectivity index (χ4n) is 1.87. The molecule has 3 N–H and O–H groups in total. The van der Waals surface area contributed by atoms with E-state index >= 15 is 0 Å². The van der Waals surface area contributed by atoms with Gasteiger partial charge in [-0.25, -0.2) is 9.97 Å². The second-order valence-corrected chi connectivity index (χ2v) is 5.65. The monoisotopic (exact) mass is 301 g/mol. The lowest BCUT2D eigenvalue weighted by molar-refractivity contribution is 0.234. The van der Waals surface area contributed by atoms with Gasteiger partial charge < -0.3 is 15.8 Å². The van der Waals surface area contributed by atoms with Crippen molar-refractivity contribution in [3.8, 4) is 5.88 Å². The fourth-order valence-corrected chi connectivity index (χ4v) is 2.58. The molecule has 6 nitrogen and oxygen atoms in total. The van der Waals surface area contributed by atoms with Crippen molar-refractivity contribution < 1.29 is 4.74 Å². The number of hydrogen-bond acceptors (Lipinski definition) is 7. The Morgan fingerprint density at radius 3 is 2.90 bits per heavy atom. The molecule has 108 valence electrons. The van der Waals surface area contributed by atoms with Crippen LogP contribution in [0.3, 0.4) is 0 Å². The van der Waals surface area contributed by atoms with E-state index in [2.05, 4.69) is 20.3 Å². The van der Waals surface area contributed by atoms with E-state index in [1.54, 1.807) is 11.3 Å². The number of ether oxygens (including phenoxy) is 1. The van der Waals surface area contributed by atoms with E-state index in [-0.39, 0.29) is 6.10 Å². The van der Waals surface area contributed by atoms with E-state index in [1.165, 1.54) is 6.33 Å². The Morgan fingerprint density at radius 1 is 1.24 bits per heavy atom. The summed E-state index contributed by atoms with van der Waals surface area (Å²) >= 11 is 1.59. The van der Waals surface area contributed by atoms with Gasteiger partial charge in [-0.2, -0.15) is 4.98 Å². The van der Waals surface area contributed by atoms with Crippen molar-refractivity contribution in [3.05, 3.63) is 30.0 Å². The summed E-state index contributed by atoms with van der Waals surface area (Å²) in [5.74, 6) is 0.922. The summed E-state index contributed by atoms with van der Waals surface area (Å²) < 4.78 is 6.66. The molecule has 0 atom stereocenters. The van der Waals surface area contributed by atoms with Crippen LogP contribution in [-0.2, 0) is 0 Å². The number of rotatable bonds is 4. The number of benzene rings is 1. The molecule has 21 heavy (non-hydrogen) atoms. The quantitative estimate of drug-likeness (QED) is 0.769. The molecule has 7 heteroatoms. The second kappa shape index (κ2) is 5.53. The number of nitrogen functional groups attached to an aromatic ring is 1. The first kappa shape index (κ1) is 13.6. The first-order valence-corrected chi connectivity index (χ1v) is 7.39. The van der Waals surface area contributed by atoms with Crippen LogP contribution in [0.4, 0.5) is 17.2 Å². The van der Waals surface area contributed by atoms with Gasteiger partial charge in [0, 0.05) is 5.69 Å². The largest absolute Gasteiger partial charge is 0.473 e. The summed E-state index contributed by atoms with van der Waals surface area (Å²) in [7, 11) is 0. The summed E-state index contributed by atoms with van der Waals surface area (Å²) in [6.07, 6.45) is 1.44. The molecular weight excluding hydrogens is 286 g/mol. The summed E-state index contributed by atoms with van der Waals surface area (Å²) in [5.41, 5.74) is 10.1. The molecule has 0 saturated heterocycles. The van der Waals surface area contributed by atoms with Gasteiger partial charge in [-0.05, 0) is 32.0 Å². The third kappa shape index (κ3) is 2.87. The van der Waals surface area contributed by atoms with Crippen LogP contribution >= 0.6 is 11.3 Å². The second-order valence-electron chi connectivity index (χ2n) is 4.77. The Balaban J connectivity index is 1.90. The van der Waals surface area contributed by atoms with Crippen LogP contribution in [0.15, 0.2) is 30.0 Å². The highest BCUT2D eigenvalue weighted by Crippen LogP contribution is 2.29. The van der Waals surface area contributed by atoms with E-state index in [0.29, 0.717) is 17.4 Å². The van der Waals surface area contributed by atoms with Gasteiger partial charge in [0.2, 0.25) is 5.88 Å². The van der Waals surface area contributed by atoms with Crippen molar-refractivity contribution in [2.24, 2.45) is 0 Å². The SMILES string of the molecule is CC(C)Oc1ncnc(Nc2ccc3ncsc3c2)c1N. The molecule has 0 unspecified atom stereocenters. The van der Waals surface area contributed by atoms with Crippen LogP contribution in [0, 0.1) is 0 Å². The maximum absolute atomic E-state index is 6.05. The summed E-state index contributed by atoms with van der Waals surface area (Å²) in [6.45, 7) is 3.85. The zero-order valence-corrected chi connectivity index (χ0v) is 12.5. The highest BCUT2D eigenvalue weighted by Gasteiger charge is 2.11. The molecule has 0 aliphatic carbocycles. The summed E-state index contributed by atoms with van der Waals surface area (Å²) in [5, 5.41) is 3.19. The molecule has 1 aromatic carbocycles. The first-order valence-electron chi connectivity index (χ1n) is 6.51. The Bertz CT molecular complexity index is 771. The summed E-state index contributed by atoms with van der Waals surface area (Å²) in [6, 6.07) is 5.90. The molecule has 0 spiro atoms. The molecule has 0 saturated carbocycles. The van der Waals surface area contributed by atoms with Crippen LogP contribution < -0.4 is 15.8 Å². The van der Waals surface area contributed by atoms with Crippen molar-refractivity contribution >= 4 is 38.7 Å². The van der Waals surface area contributed by atoms with Crippen molar-refractivity contribution in [2.75, 3.05) is 11.1 Å². The van der Waals surface area contributed by atoms with E-state index < -0.39 is 0 Å². The van der Waals surface area contributed by atoms with Crippen molar-refractivity contribution in [2.45, 2.75) is 20.0 Å². The number of thiazole rings is 1. The maximum Gasteiger partial charge on any atom is 0.242 e. The van der Waals surface area contributed by atoms with Crippen LogP contribution in [-0.4, -0.2) is 21.1 Å². The predicted molar refractivity (Wildman–Crippen MR) is 85.1 cm³/mol. The average molecular weight is 301 g/mol. The minimum Gasteiger partial charge on any atom is -0.473 e. The molecule has 0 fully saturated rings. The number of nitrogens with zero attached hydrogens (tertiary/aromatic N) is 3. The third-order valence-electron chi connectivity index (χ3n) is 2.79. The van der Waals surface area contributed by atoms with Crippen molar-refractivity contribution in [1.29, 1.82) is 0 Å². The molecule has 2 aromatic heterocycles. The fraction of sp³-hybridized carbons (Fsp3) is 0.214. The molecule has 0 radical (unpaired) electrons. The van der Waals surface area contributed by atoms with Crippen molar-refractivity contribution in [3.63, 3.8) is 0 Å². The Kier molecular flexibility index (Phi) is 3.57. The molecule has 0 amide bonds. The average Bonchev–Trinajstić information content (AvgIpc) is 2.90. The van der Waals surface area contributed by atoms with E-state index in [0.717, 1.165) is 15.9 Å². The number of nitrogens with one attached hydrogen (secondary N) is 1. The van der Waals surface area contributed by atoms with Gasteiger partial charge in [-0.1, -0.05) is 0 Å². The molecule has 2 heterocycles. The molecule has 0 bridgehead atoms. The van der Waals surface area contributed by atoms with Gasteiger partial charge in [0.15, 0.2) is 5.82 Å². The van der Waals surface area contributed by atoms with E-state index in [1.807, 2.05) is 37.6 Å². The van der Waals surface area contributed by atoms with Crippen LogP contribution in [0.1, 0.15) is 13.8 Å². The zero-order chi connectivity index (χ0) is 14.8. The highest BCUT2D eigenvalue weighted by molar-refractivity contribution is 7.16.